The molecule has 0 radical (unpaired) electrons. The number of benzene rings is 1. The number of rotatable bonds is 6. The molecule has 3 N–H and O–H groups in total. The average Bonchev–Trinajstić information content (AvgIpc) is 2.35. The zero-order valence-corrected chi connectivity index (χ0v) is 12.9. The molecule has 0 saturated heterocycles. The van der Waals surface area contributed by atoms with Crippen LogP contribution in [0.2, 0.25) is 0 Å². The highest BCUT2D eigenvalue weighted by Crippen LogP contribution is 2.24. The number of thiocarbonyl (C=S) groups is 1. The second-order valence-electron chi connectivity index (χ2n) is 4.39. The molecule has 1 aromatic rings. The van der Waals surface area contributed by atoms with E-state index in [1.807, 2.05) is 18.2 Å². The Balaban J connectivity index is 2.35. The monoisotopic (exact) mass is 284 g/mol. The van der Waals surface area contributed by atoms with Gasteiger partial charge in [-0.05, 0) is 30.6 Å². The van der Waals surface area contributed by atoms with E-state index in [1.165, 1.54) is 9.80 Å². The first-order valence-corrected chi connectivity index (χ1v) is 7.73. The summed E-state index contributed by atoms with van der Waals surface area (Å²) in [5, 5.41) is 7.18. The van der Waals surface area contributed by atoms with Gasteiger partial charge in [0.15, 0.2) is 5.11 Å². The molecule has 0 amide bonds. The Labute approximate surface area is 119 Å². The van der Waals surface area contributed by atoms with Gasteiger partial charge in [-0.2, -0.15) is 0 Å². The standard InChI is InChI=1S/C13H21N3S2/c1-16(2)10-6-9-14-13(17)15-11-7-4-5-8-12(11)18-3/h4-5,7-8H,6,9-10H2,1-3H3,(H2,14,15,17)/p+1. The first kappa shape index (κ1) is 15.3. The van der Waals surface area contributed by atoms with E-state index in [0.717, 1.165) is 25.2 Å². The van der Waals surface area contributed by atoms with Crippen molar-refractivity contribution in [3.63, 3.8) is 0 Å². The highest BCUT2D eigenvalue weighted by Gasteiger charge is 2.02. The van der Waals surface area contributed by atoms with E-state index in [9.17, 15) is 0 Å². The highest BCUT2D eigenvalue weighted by molar-refractivity contribution is 7.98. The minimum atomic E-state index is 0.699. The van der Waals surface area contributed by atoms with Crippen LogP contribution in [0, 0.1) is 0 Å². The number of hydrogen-bond donors (Lipinski definition) is 3. The van der Waals surface area contributed by atoms with Crippen LogP contribution >= 0.6 is 24.0 Å². The molecule has 0 heterocycles. The van der Waals surface area contributed by atoms with Crippen molar-refractivity contribution in [2.45, 2.75) is 11.3 Å². The largest absolute Gasteiger partial charge is 0.362 e. The number of anilines is 1. The molecule has 0 atom stereocenters. The van der Waals surface area contributed by atoms with E-state index in [-0.39, 0.29) is 0 Å². The summed E-state index contributed by atoms with van der Waals surface area (Å²) in [4.78, 5) is 2.67. The van der Waals surface area contributed by atoms with Gasteiger partial charge in [0.1, 0.15) is 0 Å². The summed E-state index contributed by atoms with van der Waals surface area (Å²) in [6.45, 7) is 2.06. The van der Waals surface area contributed by atoms with Crippen molar-refractivity contribution in [2.75, 3.05) is 38.8 Å². The Hall–Kier alpha value is -0.780. The van der Waals surface area contributed by atoms with Gasteiger partial charge in [-0.3, -0.25) is 0 Å². The van der Waals surface area contributed by atoms with Gasteiger partial charge in [0.05, 0.1) is 26.3 Å². The van der Waals surface area contributed by atoms with Crippen LogP contribution in [0.4, 0.5) is 5.69 Å². The highest BCUT2D eigenvalue weighted by atomic mass is 32.2. The molecule has 18 heavy (non-hydrogen) atoms. The van der Waals surface area contributed by atoms with E-state index < -0.39 is 0 Å². The van der Waals surface area contributed by atoms with E-state index in [4.69, 9.17) is 12.2 Å². The number of quaternary nitrogens is 1. The van der Waals surface area contributed by atoms with Gasteiger partial charge in [0.2, 0.25) is 0 Å². The fourth-order valence-electron chi connectivity index (χ4n) is 1.56. The normalized spacial score (nSPS) is 10.4. The third-order valence-corrected chi connectivity index (χ3v) is 3.54. The van der Waals surface area contributed by atoms with Crippen LogP contribution < -0.4 is 15.5 Å². The maximum atomic E-state index is 5.28. The number of nitrogens with one attached hydrogen (secondary N) is 3. The number of thioether (sulfide) groups is 1. The summed E-state index contributed by atoms with van der Waals surface area (Å²) in [7, 11) is 4.32. The fraction of sp³-hybridized carbons (Fsp3) is 0.462. The first-order valence-electron chi connectivity index (χ1n) is 6.10. The molecule has 0 spiro atoms. The van der Waals surface area contributed by atoms with Crippen molar-refractivity contribution in [2.24, 2.45) is 0 Å². The van der Waals surface area contributed by atoms with Crippen molar-refractivity contribution in [3.8, 4) is 0 Å². The Morgan fingerprint density at radius 1 is 1.33 bits per heavy atom. The predicted octanol–water partition coefficient (Wildman–Crippen LogP) is 1.23. The summed E-state index contributed by atoms with van der Waals surface area (Å²) in [6.07, 6.45) is 3.19. The molecule has 5 heteroatoms. The van der Waals surface area contributed by atoms with Crippen molar-refractivity contribution < 1.29 is 4.90 Å². The third-order valence-electron chi connectivity index (χ3n) is 2.49. The maximum Gasteiger partial charge on any atom is 0.170 e. The Morgan fingerprint density at radius 3 is 2.72 bits per heavy atom. The lowest BCUT2D eigenvalue weighted by molar-refractivity contribution is -0.858. The van der Waals surface area contributed by atoms with Crippen molar-refractivity contribution in [1.29, 1.82) is 0 Å². The molecule has 1 rings (SSSR count). The topological polar surface area (TPSA) is 28.5 Å². The van der Waals surface area contributed by atoms with Crippen LogP contribution in [0.15, 0.2) is 29.2 Å². The van der Waals surface area contributed by atoms with E-state index >= 15 is 0 Å². The average molecular weight is 284 g/mol. The van der Waals surface area contributed by atoms with Gasteiger partial charge in [-0.1, -0.05) is 12.1 Å². The zero-order chi connectivity index (χ0) is 13.4. The summed E-state index contributed by atoms with van der Waals surface area (Å²) >= 11 is 7.00. The van der Waals surface area contributed by atoms with Gasteiger partial charge in [0.25, 0.3) is 0 Å². The van der Waals surface area contributed by atoms with E-state index in [0.29, 0.717) is 5.11 Å². The van der Waals surface area contributed by atoms with Gasteiger partial charge in [0, 0.05) is 17.9 Å². The predicted molar refractivity (Wildman–Crippen MR) is 84.7 cm³/mol. The molecule has 1 aromatic carbocycles. The van der Waals surface area contributed by atoms with Crippen LogP contribution in [0.5, 0.6) is 0 Å². The van der Waals surface area contributed by atoms with E-state index in [2.05, 4.69) is 37.1 Å². The molecular weight excluding hydrogens is 262 g/mol. The van der Waals surface area contributed by atoms with Crippen molar-refractivity contribution in [3.05, 3.63) is 24.3 Å². The molecule has 0 fully saturated rings. The van der Waals surface area contributed by atoms with Crippen LogP contribution in [-0.4, -0.2) is 38.6 Å². The molecule has 100 valence electrons. The lowest BCUT2D eigenvalue weighted by Gasteiger charge is -2.13. The van der Waals surface area contributed by atoms with Gasteiger partial charge in [-0.25, -0.2) is 0 Å². The fourth-order valence-corrected chi connectivity index (χ4v) is 2.32. The molecule has 0 saturated carbocycles. The molecule has 3 nitrogen and oxygen atoms in total. The minimum Gasteiger partial charge on any atom is -0.362 e. The van der Waals surface area contributed by atoms with Crippen LogP contribution in [0.1, 0.15) is 6.42 Å². The quantitative estimate of drug-likeness (QED) is 0.416. The lowest BCUT2D eigenvalue weighted by Crippen LogP contribution is -3.05. The molecule has 0 aliphatic heterocycles. The SMILES string of the molecule is CSc1ccccc1NC(=S)NCCC[NH+](C)C. The van der Waals surface area contributed by atoms with Crippen molar-refractivity contribution >= 4 is 34.8 Å². The van der Waals surface area contributed by atoms with E-state index in [1.54, 1.807) is 11.8 Å². The Kier molecular flexibility index (Phi) is 7.08. The second kappa shape index (κ2) is 8.34. The molecule has 0 aromatic heterocycles. The summed E-state index contributed by atoms with van der Waals surface area (Å²) in [6, 6.07) is 8.18. The molecule has 0 bridgehead atoms. The van der Waals surface area contributed by atoms with Gasteiger partial charge in [-0.15, -0.1) is 11.8 Å². The number of para-hydroxylation sites is 1. The second-order valence-corrected chi connectivity index (χ2v) is 5.65. The lowest BCUT2D eigenvalue weighted by atomic mass is 10.3. The van der Waals surface area contributed by atoms with Gasteiger partial charge >= 0.3 is 0 Å². The Morgan fingerprint density at radius 2 is 2.06 bits per heavy atom. The first-order chi connectivity index (χ1) is 8.63. The smallest absolute Gasteiger partial charge is 0.170 e. The molecular formula is C13H22N3S2+. The Bertz CT molecular complexity index is 380. The minimum absolute atomic E-state index is 0.699. The van der Waals surface area contributed by atoms with Crippen LogP contribution in [0.3, 0.4) is 0 Å². The molecule has 0 aliphatic carbocycles. The maximum absolute atomic E-state index is 5.28. The van der Waals surface area contributed by atoms with Crippen LogP contribution in [-0.2, 0) is 0 Å². The zero-order valence-electron chi connectivity index (χ0n) is 11.2. The summed E-state index contributed by atoms with van der Waals surface area (Å²) in [5.41, 5.74) is 1.07. The van der Waals surface area contributed by atoms with Crippen LogP contribution in [0.25, 0.3) is 0 Å². The summed E-state index contributed by atoms with van der Waals surface area (Å²) in [5.74, 6) is 0. The number of hydrogen-bond acceptors (Lipinski definition) is 2. The van der Waals surface area contributed by atoms with Gasteiger partial charge < -0.3 is 15.5 Å². The molecule has 0 unspecified atom stereocenters. The third kappa shape index (κ3) is 5.71. The summed E-state index contributed by atoms with van der Waals surface area (Å²) < 4.78 is 0. The molecule has 0 aliphatic rings. The van der Waals surface area contributed by atoms with Crippen molar-refractivity contribution in [1.82, 2.24) is 5.32 Å².